The molecule has 4 saturated heterocycles. The molecule has 4 aliphatic heterocycles. The zero-order valence-electron chi connectivity index (χ0n) is 16.9. The lowest BCUT2D eigenvalue weighted by atomic mass is 9.74. The summed E-state index contributed by atoms with van der Waals surface area (Å²) < 4.78 is 22.2. The van der Waals surface area contributed by atoms with Crippen LogP contribution in [0, 0.1) is 11.8 Å². The minimum absolute atomic E-state index is 0.463. The van der Waals surface area contributed by atoms with Crippen molar-refractivity contribution in [3.63, 3.8) is 0 Å². The SMILES string of the molecule is CC(C)C1CC(N(CC2CO2)CC2CO2)CCC1N(CC1CO1)CC1CO1. The van der Waals surface area contributed by atoms with Crippen LogP contribution in [0.25, 0.3) is 0 Å². The van der Waals surface area contributed by atoms with Crippen LogP contribution in [0.1, 0.15) is 33.1 Å². The Balaban J connectivity index is 1.25. The lowest BCUT2D eigenvalue weighted by Gasteiger charge is -2.47. The van der Waals surface area contributed by atoms with E-state index in [2.05, 4.69) is 23.6 Å². The Kier molecular flexibility index (Phi) is 5.48. The third-order valence-electron chi connectivity index (χ3n) is 7.04. The fourth-order valence-electron chi connectivity index (χ4n) is 5.13. The molecule has 4 heterocycles. The van der Waals surface area contributed by atoms with Crippen LogP contribution < -0.4 is 0 Å². The summed E-state index contributed by atoms with van der Waals surface area (Å²) in [7, 11) is 0. The first-order valence-corrected chi connectivity index (χ1v) is 11.1. The monoisotopic (exact) mass is 380 g/mol. The molecule has 0 radical (unpaired) electrons. The zero-order valence-corrected chi connectivity index (χ0v) is 16.9. The van der Waals surface area contributed by atoms with Crippen LogP contribution in [0.2, 0.25) is 0 Å². The molecule has 1 aliphatic carbocycles. The van der Waals surface area contributed by atoms with Gasteiger partial charge in [-0.15, -0.1) is 0 Å². The summed E-state index contributed by atoms with van der Waals surface area (Å²) in [5.41, 5.74) is 0. The highest BCUT2D eigenvalue weighted by molar-refractivity contribution is 4.96. The van der Waals surface area contributed by atoms with Crippen molar-refractivity contribution in [3.8, 4) is 0 Å². The van der Waals surface area contributed by atoms with Gasteiger partial charge in [0.05, 0.1) is 50.8 Å². The molecule has 0 aromatic carbocycles. The summed E-state index contributed by atoms with van der Waals surface area (Å²) in [4.78, 5) is 5.41. The van der Waals surface area contributed by atoms with Gasteiger partial charge in [0.15, 0.2) is 0 Å². The summed E-state index contributed by atoms with van der Waals surface area (Å²) in [5.74, 6) is 1.45. The van der Waals surface area contributed by atoms with Gasteiger partial charge in [-0.25, -0.2) is 0 Å². The third kappa shape index (κ3) is 5.22. The van der Waals surface area contributed by atoms with Gasteiger partial charge in [0.25, 0.3) is 0 Å². The van der Waals surface area contributed by atoms with Gasteiger partial charge in [0.1, 0.15) is 0 Å². The average Bonchev–Trinajstić information content (AvgIpc) is 3.48. The smallest absolute Gasteiger partial charge is 0.0936 e. The number of hydrogen-bond acceptors (Lipinski definition) is 6. The molecule has 7 unspecified atom stereocenters. The largest absolute Gasteiger partial charge is 0.372 e. The van der Waals surface area contributed by atoms with E-state index in [0.717, 1.165) is 58.5 Å². The van der Waals surface area contributed by atoms with Crippen LogP contribution in [-0.4, -0.2) is 98.9 Å². The normalized spacial score (nSPS) is 42.8. The van der Waals surface area contributed by atoms with Crippen molar-refractivity contribution in [1.82, 2.24) is 9.80 Å². The average molecular weight is 381 g/mol. The van der Waals surface area contributed by atoms with Crippen LogP contribution in [0.4, 0.5) is 0 Å². The van der Waals surface area contributed by atoms with E-state index in [1.54, 1.807) is 0 Å². The maximum Gasteiger partial charge on any atom is 0.0936 e. The highest BCUT2D eigenvalue weighted by Crippen LogP contribution is 2.38. The highest BCUT2D eigenvalue weighted by Gasteiger charge is 2.43. The molecule has 0 aromatic heterocycles. The highest BCUT2D eigenvalue weighted by atomic mass is 16.6. The second-order valence-corrected chi connectivity index (χ2v) is 9.67. The van der Waals surface area contributed by atoms with Gasteiger partial charge in [0.2, 0.25) is 0 Å². The van der Waals surface area contributed by atoms with Gasteiger partial charge in [-0.2, -0.15) is 0 Å². The van der Waals surface area contributed by atoms with Crippen LogP contribution >= 0.6 is 0 Å². The molecule has 0 bridgehead atoms. The van der Waals surface area contributed by atoms with E-state index in [0.29, 0.717) is 42.4 Å². The molecule has 7 atom stereocenters. The maximum atomic E-state index is 5.57. The fraction of sp³-hybridized carbons (Fsp3) is 1.00. The standard InChI is InChI=1S/C21H36N2O4/c1-14(2)20-5-15(22(6-16-10-24-16)7-17-11-25-17)3-4-21(20)23(8-18-12-26-18)9-19-13-27-19/h14-21H,3-13H2,1-2H3. The maximum absolute atomic E-state index is 5.57. The third-order valence-corrected chi connectivity index (χ3v) is 7.04. The van der Waals surface area contributed by atoms with Gasteiger partial charge in [0, 0.05) is 38.3 Å². The van der Waals surface area contributed by atoms with Crippen molar-refractivity contribution in [3.05, 3.63) is 0 Å². The van der Waals surface area contributed by atoms with Crippen molar-refractivity contribution in [2.75, 3.05) is 52.6 Å². The zero-order chi connectivity index (χ0) is 18.4. The Hall–Kier alpha value is -0.240. The fourth-order valence-corrected chi connectivity index (χ4v) is 5.13. The lowest BCUT2D eigenvalue weighted by Crippen LogP contribution is -2.53. The first kappa shape index (κ1) is 18.8. The summed E-state index contributed by atoms with van der Waals surface area (Å²) in [5, 5.41) is 0. The van der Waals surface area contributed by atoms with Crippen molar-refractivity contribution in [2.24, 2.45) is 11.8 Å². The first-order valence-electron chi connectivity index (χ1n) is 11.1. The van der Waals surface area contributed by atoms with Crippen molar-refractivity contribution < 1.29 is 18.9 Å². The van der Waals surface area contributed by atoms with Gasteiger partial charge in [-0.1, -0.05) is 13.8 Å². The molecule has 6 heteroatoms. The Bertz CT molecular complexity index is 474. The van der Waals surface area contributed by atoms with E-state index in [9.17, 15) is 0 Å². The number of rotatable bonds is 11. The van der Waals surface area contributed by atoms with Crippen molar-refractivity contribution in [1.29, 1.82) is 0 Å². The van der Waals surface area contributed by atoms with E-state index < -0.39 is 0 Å². The Morgan fingerprint density at radius 1 is 0.704 bits per heavy atom. The molecule has 0 spiro atoms. The molecule has 27 heavy (non-hydrogen) atoms. The molecule has 154 valence electrons. The predicted molar refractivity (Wildman–Crippen MR) is 102 cm³/mol. The minimum Gasteiger partial charge on any atom is -0.372 e. The molecular weight excluding hydrogens is 344 g/mol. The minimum atomic E-state index is 0.463. The molecule has 6 nitrogen and oxygen atoms in total. The van der Waals surface area contributed by atoms with E-state index in [1.807, 2.05) is 0 Å². The van der Waals surface area contributed by atoms with Gasteiger partial charge in [-0.3, -0.25) is 9.80 Å². The molecule has 5 fully saturated rings. The van der Waals surface area contributed by atoms with Crippen LogP contribution in [-0.2, 0) is 18.9 Å². The quantitative estimate of drug-likeness (QED) is 0.505. The van der Waals surface area contributed by atoms with Gasteiger partial charge in [-0.05, 0) is 31.1 Å². The van der Waals surface area contributed by atoms with E-state index in [1.165, 1.54) is 19.3 Å². The molecule has 0 N–H and O–H groups in total. The van der Waals surface area contributed by atoms with E-state index in [-0.39, 0.29) is 0 Å². The number of hydrogen-bond donors (Lipinski definition) is 0. The van der Waals surface area contributed by atoms with E-state index in [4.69, 9.17) is 18.9 Å². The topological polar surface area (TPSA) is 56.6 Å². The molecule has 1 saturated carbocycles. The summed E-state index contributed by atoms with van der Waals surface area (Å²) >= 11 is 0. The van der Waals surface area contributed by atoms with Crippen molar-refractivity contribution in [2.45, 2.75) is 69.6 Å². The molecule has 0 amide bonds. The first-order chi connectivity index (χ1) is 13.2. The van der Waals surface area contributed by atoms with Gasteiger partial charge < -0.3 is 18.9 Å². The van der Waals surface area contributed by atoms with Crippen LogP contribution in [0.3, 0.4) is 0 Å². The summed E-state index contributed by atoms with van der Waals surface area (Å²) in [6, 6.07) is 1.35. The summed E-state index contributed by atoms with van der Waals surface area (Å²) in [6.45, 7) is 13.0. The van der Waals surface area contributed by atoms with Gasteiger partial charge >= 0.3 is 0 Å². The molecular formula is C21H36N2O4. The van der Waals surface area contributed by atoms with E-state index >= 15 is 0 Å². The van der Waals surface area contributed by atoms with Crippen LogP contribution in [0.15, 0.2) is 0 Å². The van der Waals surface area contributed by atoms with Crippen molar-refractivity contribution >= 4 is 0 Å². The Morgan fingerprint density at radius 3 is 1.56 bits per heavy atom. The number of nitrogens with zero attached hydrogens (tertiary/aromatic N) is 2. The Labute approximate surface area is 163 Å². The lowest BCUT2D eigenvalue weighted by molar-refractivity contribution is 0.0215. The Morgan fingerprint density at radius 2 is 1.15 bits per heavy atom. The second kappa shape index (κ2) is 7.88. The molecule has 0 aromatic rings. The number of epoxide rings is 4. The second-order valence-electron chi connectivity index (χ2n) is 9.67. The summed E-state index contributed by atoms with van der Waals surface area (Å²) in [6.07, 6.45) is 5.75. The predicted octanol–water partition coefficient (Wildman–Crippen LogP) is 1.38. The number of ether oxygens (including phenoxy) is 4. The molecule has 5 rings (SSSR count). The molecule has 5 aliphatic rings. The van der Waals surface area contributed by atoms with Crippen LogP contribution in [0.5, 0.6) is 0 Å².